The van der Waals surface area contributed by atoms with Gasteiger partial charge in [0.25, 0.3) is 0 Å². The molecule has 1 atom stereocenters. The lowest BCUT2D eigenvalue weighted by Crippen LogP contribution is -2.43. The predicted octanol–water partition coefficient (Wildman–Crippen LogP) is 1.14. The van der Waals surface area contributed by atoms with Gasteiger partial charge in [-0.05, 0) is 0 Å². The zero-order valence-electron chi connectivity index (χ0n) is 4.12. The van der Waals surface area contributed by atoms with Crippen LogP contribution in [0.15, 0.2) is 0 Å². The monoisotopic (exact) mass is 149 g/mol. The van der Waals surface area contributed by atoms with E-state index >= 15 is 0 Å². The van der Waals surface area contributed by atoms with Gasteiger partial charge in [-0.25, -0.2) is 13.2 Å². The maximum atomic E-state index is 11.4. The molecule has 0 saturated carbocycles. The van der Waals surface area contributed by atoms with Crippen molar-refractivity contribution in [3.8, 4) is 0 Å². The number of nitrogens with two attached hydrogens (primary N) is 1. The quantitative estimate of drug-likeness (QED) is 0.462. The maximum absolute atomic E-state index is 11.4. The van der Waals surface area contributed by atoms with Crippen molar-refractivity contribution in [2.24, 2.45) is 5.73 Å². The topological polar surface area (TPSA) is 26.0 Å². The van der Waals surface area contributed by atoms with E-state index in [4.69, 9.17) is 0 Å². The first-order chi connectivity index (χ1) is 3.89. The zero-order valence-corrected chi connectivity index (χ0v) is 4.12. The average molecular weight is 149 g/mol. The van der Waals surface area contributed by atoms with Crippen LogP contribution in [0.25, 0.3) is 0 Å². The molecule has 56 valence electrons. The molecule has 0 aromatic rings. The van der Waals surface area contributed by atoms with E-state index in [2.05, 4.69) is 5.73 Å². The summed E-state index contributed by atoms with van der Waals surface area (Å²) in [5, 5.41) is 0. The number of hydrogen-bond acceptors (Lipinski definition) is 1. The summed E-state index contributed by atoms with van der Waals surface area (Å²) in [4.78, 5) is 0. The Morgan fingerprint density at radius 1 is 1.11 bits per heavy atom. The van der Waals surface area contributed by atoms with Crippen LogP contribution >= 0.6 is 0 Å². The molecule has 1 nitrogen and oxygen atoms in total. The third-order valence-electron chi connectivity index (χ3n) is 0.659. The molecule has 0 aromatic heterocycles. The molecular formula is C3H4F5N. The highest BCUT2D eigenvalue weighted by Crippen LogP contribution is 2.25. The van der Waals surface area contributed by atoms with E-state index in [-0.39, 0.29) is 0 Å². The summed E-state index contributed by atoms with van der Waals surface area (Å²) in [5.74, 6) is -4.72. The normalized spacial score (nSPS) is 16.3. The minimum Gasteiger partial charge on any atom is -0.296 e. The van der Waals surface area contributed by atoms with Gasteiger partial charge in [0, 0.05) is 0 Å². The van der Waals surface area contributed by atoms with Crippen molar-refractivity contribution in [1.29, 1.82) is 0 Å². The van der Waals surface area contributed by atoms with Crippen molar-refractivity contribution in [1.82, 2.24) is 0 Å². The number of halogens is 5. The van der Waals surface area contributed by atoms with Crippen LogP contribution in [0.3, 0.4) is 0 Å². The molecule has 0 radical (unpaired) electrons. The molecule has 0 rings (SSSR count). The highest BCUT2D eigenvalue weighted by molar-refractivity contribution is 4.73. The predicted molar refractivity (Wildman–Crippen MR) is 20.0 cm³/mol. The molecule has 0 aromatic carbocycles. The van der Waals surface area contributed by atoms with Crippen LogP contribution in [0.2, 0.25) is 0 Å². The van der Waals surface area contributed by atoms with Crippen LogP contribution in [-0.4, -0.2) is 18.6 Å². The summed E-state index contributed by atoms with van der Waals surface area (Å²) in [6.45, 7) is 0. The van der Waals surface area contributed by atoms with Crippen LogP contribution in [0, 0.1) is 0 Å². The fraction of sp³-hybridized carbons (Fsp3) is 1.00. The first-order valence-electron chi connectivity index (χ1n) is 1.94. The van der Waals surface area contributed by atoms with Crippen LogP contribution in [-0.2, 0) is 0 Å². The van der Waals surface area contributed by atoms with E-state index in [1.165, 1.54) is 0 Å². The van der Waals surface area contributed by atoms with Crippen LogP contribution in [0.1, 0.15) is 0 Å². The molecule has 0 aliphatic carbocycles. The number of rotatable bonds is 2. The van der Waals surface area contributed by atoms with E-state index in [1.807, 2.05) is 0 Å². The summed E-state index contributed by atoms with van der Waals surface area (Å²) in [6, 6.07) is 0. The lowest BCUT2D eigenvalue weighted by atomic mass is 10.3. The fourth-order valence-electron chi connectivity index (χ4n) is 0.120. The van der Waals surface area contributed by atoms with E-state index < -0.39 is 18.6 Å². The van der Waals surface area contributed by atoms with Gasteiger partial charge in [0.2, 0.25) is 6.30 Å². The maximum Gasteiger partial charge on any atom is 0.350 e. The summed E-state index contributed by atoms with van der Waals surface area (Å²) < 4.78 is 56.1. The summed E-state index contributed by atoms with van der Waals surface area (Å²) in [6.07, 6.45) is -7.34. The minimum atomic E-state index is -4.72. The Hall–Kier alpha value is -0.390. The first-order valence-corrected chi connectivity index (χ1v) is 1.94. The molecule has 0 fully saturated rings. The number of hydrogen-bond donors (Lipinski definition) is 1. The van der Waals surface area contributed by atoms with Gasteiger partial charge in [0.15, 0.2) is 0 Å². The minimum absolute atomic E-state index is 3.29. The highest BCUT2D eigenvalue weighted by atomic mass is 19.3. The fourth-order valence-corrected chi connectivity index (χ4v) is 0.120. The third-order valence-corrected chi connectivity index (χ3v) is 0.659. The lowest BCUT2D eigenvalue weighted by Gasteiger charge is -2.14. The van der Waals surface area contributed by atoms with Crippen LogP contribution in [0.5, 0.6) is 0 Å². The standard InChI is InChI=1S/C3H4F5N/c4-1(5)3(7,8)2(6)9/h1-2H,9H2. The number of alkyl halides is 5. The highest BCUT2D eigenvalue weighted by Gasteiger charge is 2.47. The van der Waals surface area contributed by atoms with Crippen molar-refractivity contribution in [3.05, 3.63) is 0 Å². The van der Waals surface area contributed by atoms with E-state index in [0.717, 1.165) is 0 Å². The molecule has 0 aliphatic heterocycles. The van der Waals surface area contributed by atoms with Crippen molar-refractivity contribution < 1.29 is 22.0 Å². The van der Waals surface area contributed by atoms with Gasteiger partial charge in [-0.1, -0.05) is 0 Å². The van der Waals surface area contributed by atoms with Crippen molar-refractivity contribution in [3.63, 3.8) is 0 Å². The Morgan fingerprint density at radius 3 is 1.44 bits per heavy atom. The van der Waals surface area contributed by atoms with E-state index in [9.17, 15) is 22.0 Å². The van der Waals surface area contributed by atoms with Crippen LogP contribution < -0.4 is 5.73 Å². The second-order valence-electron chi connectivity index (χ2n) is 1.38. The van der Waals surface area contributed by atoms with Gasteiger partial charge in [0.05, 0.1) is 0 Å². The van der Waals surface area contributed by atoms with Gasteiger partial charge in [-0.15, -0.1) is 0 Å². The van der Waals surface area contributed by atoms with Gasteiger partial charge >= 0.3 is 12.3 Å². The van der Waals surface area contributed by atoms with E-state index in [0.29, 0.717) is 0 Å². The first kappa shape index (κ1) is 8.61. The molecule has 2 N–H and O–H groups in total. The summed E-state index contributed by atoms with van der Waals surface area (Å²) in [5.41, 5.74) is 3.87. The van der Waals surface area contributed by atoms with Crippen molar-refractivity contribution >= 4 is 0 Å². The molecule has 0 spiro atoms. The molecule has 9 heavy (non-hydrogen) atoms. The molecular weight excluding hydrogens is 145 g/mol. The molecule has 0 heterocycles. The van der Waals surface area contributed by atoms with Gasteiger partial charge < -0.3 is 0 Å². The zero-order chi connectivity index (χ0) is 7.65. The van der Waals surface area contributed by atoms with Crippen molar-refractivity contribution in [2.75, 3.05) is 0 Å². The summed E-state index contributed by atoms with van der Waals surface area (Å²) >= 11 is 0. The molecule has 0 bridgehead atoms. The second kappa shape index (κ2) is 2.47. The third kappa shape index (κ3) is 1.78. The Kier molecular flexibility index (Phi) is 2.36. The molecule has 0 saturated heterocycles. The largest absolute Gasteiger partial charge is 0.350 e. The molecule has 0 aliphatic rings. The van der Waals surface area contributed by atoms with Gasteiger partial charge in [0.1, 0.15) is 0 Å². The lowest BCUT2D eigenvalue weighted by molar-refractivity contribution is -0.168. The molecule has 0 amide bonds. The average Bonchev–Trinajstić information content (AvgIpc) is 1.65. The Labute approximate surface area is 47.6 Å². The Balaban J connectivity index is 4.01. The van der Waals surface area contributed by atoms with Crippen molar-refractivity contribution in [2.45, 2.75) is 18.6 Å². The van der Waals surface area contributed by atoms with Crippen LogP contribution in [0.4, 0.5) is 22.0 Å². The van der Waals surface area contributed by atoms with Gasteiger partial charge in [-0.3, -0.25) is 5.73 Å². The smallest absolute Gasteiger partial charge is 0.296 e. The Morgan fingerprint density at radius 2 is 1.44 bits per heavy atom. The summed E-state index contributed by atoms with van der Waals surface area (Å²) in [7, 11) is 0. The molecule has 6 heteroatoms. The van der Waals surface area contributed by atoms with Gasteiger partial charge in [-0.2, -0.15) is 8.78 Å². The molecule has 1 unspecified atom stereocenters. The van der Waals surface area contributed by atoms with E-state index in [1.54, 1.807) is 0 Å². The Bertz CT molecular complexity index is 80.2. The second-order valence-corrected chi connectivity index (χ2v) is 1.38. The SMILES string of the molecule is NC(F)C(F)(F)C(F)F.